The molecule has 0 N–H and O–H groups in total. The van der Waals surface area contributed by atoms with Crippen LogP contribution < -0.4 is 4.90 Å². The van der Waals surface area contributed by atoms with Crippen LogP contribution in [0.3, 0.4) is 0 Å². The number of hydrogen-bond acceptors (Lipinski definition) is 3. The topological polar surface area (TPSA) is 29.0 Å². The summed E-state index contributed by atoms with van der Waals surface area (Å²) in [5.41, 5.74) is 0.768. The summed E-state index contributed by atoms with van der Waals surface area (Å²) in [5.74, 6) is 0.368. The molecule has 0 radical (unpaired) electrons. The van der Waals surface area contributed by atoms with Crippen molar-refractivity contribution >= 4 is 5.95 Å². The highest BCUT2D eigenvalue weighted by Crippen LogP contribution is 2.24. The van der Waals surface area contributed by atoms with Crippen LogP contribution in [-0.4, -0.2) is 22.6 Å². The molecule has 3 nitrogen and oxygen atoms in total. The maximum atomic E-state index is 13.6. The van der Waals surface area contributed by atoms with E-state index in [1.807, 2.05) is 6.92 Å². The summed E-state index contributed by atoms with van der Waals surface area (Å²) in [6, 6.07) is 0.405. The smallest absolute Gasteiger partial charge is 0.225 e. The van der Waals surface area contributed by atoms with Crippen LogP contribution in [0.4, 0.5) is 10.3 Å². The number of anilines is 1. The van der Waals surface area contributed by atoms with Gasteiger partial charge in [0.1, 0.15) is 0 Å². The average molecular weight is 295 g/mol. The van der Waals surface area contributed by atoms with Crippen molar-refractivity contribution in [3.63, 3.8) is 0 Å². The second kappa shape index (κ2) is 7.71. The zero-order valence-corrected chi connectivity index (χ0v) is 14.4. The molecule has 0 unspecified atom stereocenters. The fourth-order valence-corrected chi connectivity index (χ4v) is 2.41. The van der Waals surface area contributed by atoms with Crippen LogP contribution in [0.2, 0.25) is 0 Å². The van der Waals surface area contributed by atoms with E-state index in [1.54, 1.807) is 0 Å². The van der Waals surface area contributed by atoms with E-state index in [9.17, 15) is 4.39 Å². The second-order valence-electron chi connectivity index (χ2n) is 6.79. The molecular weight excluding hydrogens is 265 g/mol. The van der Waals surface area contributed by atoms with Crippen molar-refractivity contribution in [2.45, 2.75) is 73.3 Å². The van der Waals surface area contributed by atoms with Gasteiger partial charge in [-0.1, -0.05) is 41.5 Å². The van der Waals surface area contributed by atoms with Crippen LogP contribution in [0.5, 0.6) is 0 Å². The highest BCUT2D eigenvalue weighted by molar-refractivity contribution is 5.32. The van der Waals surface area contributed by atoms with Crippen LogP contribution in [-0.2, 0) is 6.42 Å². The van der Waals surface area contributed by atoms with Crippen LogP contribution in [0.25, 0.3) is 0 Å². The predicted molar refractivity (Wildman–Crippen MR) is 87.2 cm³/mol. The van der Waals surface area contributed by atoms with E-state index >= 15 is 0 Å². The highest BCUT2D eigenvalue weighted by Gasteiger charge is 2.22. The van der Waals surface area contributed by atoms with Gasteiger partial charge in [-0.2, -0.15) is 0 Å². The van der Waals surface area contributed by atoms with Gasteiger partial charge in [0.25, 0.3) is 0 Å². The zero-order valence-electron chi connectivity index (χ0n) is 14.4. The Balaban J connectivity index is 3.05. The first kappa shape index (κ1) is 17.9. The van der Waals surface area contributed by atoms with Crippen molar-refractivity contribution in [2.24, 2.45) is 5.41 Å². The molecule has 1 aromatic rings. The monoisotopic (exact) mass is 295 g/mol. The minimum atomic E-state index is -0.304. The van der Waals surface area contributed by atoms with Crippen LogP contribution in [0.15, 0.2) is 6.20 Å². The number of rotatable bonds is 7. The van der Waals surface area contributed by atoms with Crippen LogP contribution >= 0.6 is 0 Å². The zero-order chi connectivity index (χ0) is 16.0. The molecule has 0 aromatic carbocycles. The Morgan fingerprint density at radius 2 is 1.81 bits per heavy atom. The third-order valence-corrected chi connectivity index (χ3v) is 3.88. The van der Waals surface area contributed by atoms with Gasteiger partial charge in [-0.3, -0.25) is 0 Å². The molecule has 0 fully saturated rings. The Morgan fingerprint density at radius 3 is 2.29 bits per heavy atom. The maximum Gasteiger partial charge on any atom is 0.225 e. The molecule has 120 valence electrons. The van der Waals surface area contributed by atoms with Gasteiger partial charge >= 0.3 is 0 Å². The molecule has 0 amide bonds. The maximum absolute atomic E-state index is 13.6. The summed E-state index contributed by atoms with van der Waals surface area (Å²) in [6.07, 6.45) is 5.06. The van der Waals surface area contributed by atoms with Crippen molar-refractivity contribution in [1.29, 1.82) is 0 Å². The molecule has 21 heavy (non-hydrogen) atoms. The minimum absolute atomic E-state index is 0.262. The van der Waals surface area contributed by atoms with Gasteiger partial charge < -0.3 is 4.90 Å². The molecule has 0 spiro atoms. The van der Waals surface area contributed by atoms with Gasteiger partial charge in [-0.15, -0.1) is 0 Å². The molecule has 1 heterocycles. The first-order valence-corrected chi connectivity index (χ1v) is 8.10. The van der Waals surface area contributed by atoms with Gasteiger partial charge in [-0.05, 0) is 31.1 Å². The molecule has 1 rings (SSSR count). The lowest BCUT2D eigenvalue weighted by atomic mass is 9.91. The van der Waals surface area contributed by atoms with Gasteiger partial charge in [0.05, 0.1) is 11.9 Å². The van der Waals surface area contributed by atoms with Gasteiger partial charge in [-0.25, -0.2) is 14.4 Å². The van der Waals surface area contributed by atoms with E-state index in [0.29, 0.717) is 24.1 Å². The molecule has 0 aliphatic rings. The van der Waals surface area contributed by atoms with Crippen molar-refractivity contribution in [3.8, 4) is 0 Å². The molecule has 0 saturated heterocycles. The fraction of sp³-hybridized carbons (Fsp3) is 0.765. The number of hydrogen-bond donors (Lipinski definition) is 0. The highest BCUT2D eigenvalue weighted by atomic mass is 19.1. The van der Waals surface area contributed by atoms with Gasteiger partial charge in [0.15, 0.2) is 5.82 Å². The van der Waals surface area contributed by atoms with E-state index < -0.39 is 0 Å². The fourth-order valence-electron chi connectivity index (χ4n) is 2.41. The Labute approximate surface area is 129 Å². The molecule has 0 aliphatic heterocycles. The molecule has 0 aliphatic carbocycles. The Morgan fingerprint density at radius 1 is 1.19 bits per heavy atom. The van der Waals surface area contributed by atoms with Crippen LogP contribution in [0, 0.1) is 11.2 Å². The van der Waals surface area contributed by atoms with Crippen molar-refractivity contribution in [3.05, 3.63) is 17.7 Å². The summed E-state index contributed by atoms with van der Waals surface area (Å²) in [5, 5.41) is 0. The van der Waals surface area contributed by atoms with Crippen molar-refractivity contribution in [1.82, 2.24) is 9.97 Å². The number of halogens is 1. The molecule has 0 bridgehead atoms. The summed E-state index contributed by atoms with van der Waals surface area (Å²) >= 11 is 0. The molecule has 0 atom stereocenters. The third-order valence-electron chi connectivity index (χ3n) is 3.88. The Bertz CT molecular complexity index is 436. The Hall–Kier alpha value is -1.19. The predicted octanol–water partition coefficient (Wildman–Crippen LogP) is 4.61. The minimum Gasteiger partial charge on any atom is -0.338 e. The number of aromatic nitrogens is 2. The average Bonchev–Trinajstić information content (AvgIpc) is 2.43. The first-order valence-electron chi connectivity index (χ1n) is 8.10. The van der Waals surface area contributed by atoms with E-state index in [4.69, 9.17) is 0 Å². The lowest BCUT2D eigenvalue weighted by Gasteiger charge is -2.33. The van der Waals surface area contributed by atoms with E-state index in [0.717, 1.165) is 25.8 Å². The molecular formula is C17H30FN3. The van der Waals surface area contributed by atoms with Crippen LogP contribution in [0.1, 0.15) is 66.5 Å². The van der Waals surface area contributed by atoms with Gasteiger partial charge in [0, 0.05) is 12.6 Å². The number of nitrogens with zero attached hydrogens (tertiary/aromatic N) is 3. The first-order chi connectivity index (χ1) is 9.82. The van der Waals surface area contributed by atoms with E-state index in [2.05, 4.69) is 49.5 Å². The summed E-state index contributed by atoms with van der Waals surface area (Å²) in [7, 11) is 0. The van der Waals surface area contributed by atoms with Gasteiger partial charge in [0.2, 0.25) is 5.95 Å². The second-order valence-corrected chi connectivity index (χ2v) is 6.79. The van der Waals surface area contributed by atoms with Crippen molar-refractivity contribution < 1.29 is 4.39 Å². The Kier molecular flexibility index (Phi) is 6.56. The third kappa shape index (κ3) is 5.25. The number of aryl methyl sites for hydroxylation is 1. The molecule has 4 heteroatoms. The van der Waals surface area contributed by atoms with E-state index in [-0.39, 0.29) is 11.2 Å². The summed E-state index contributed by atoms with van der Waals surface area (Å²) in [6.45, 7) is 13.9. The standard InChI is InChI=1S/C17H30FN3/c1-7-13(8-2)21(11-10-17(4,5)6)16-19-12-14(18)15(9-3)20-16/h12-13H,7-11H2,1-6H3. The van der Waals surface area contributed by atoms with Crippen molar-refractivity contribution in [2.75, 3.05) is 11.4 Å². The molecule has 0 saturated carbocycles. The largest absolute Gasteiger partial charge is 0.338 e. The quantitative estimate of drug-likeness (QED) is 0.735. The lowest BCUT2D eigenvalue weighted by Crippen LogP contribution is -2.38. The normalized spacial score (nSPS) is 12.0. The summed E-state index contributed by atoms with van der Waals surface area (Å²) < 4.78 is 13.6. The summed E-state index contributed by atoms with van der Waals surface area (Å²) in [4.78, 5) is 10.9. The SMILES string of the molecule is CCc1nc(N(CCC(C)(C)C)C(CC)CC)ncc1F. The molecule has 1 aromatic heterocycles. The van der Waals surface area contributed by atoms with E-state index in [1.165, 1.54) is 6.20 Å². The lowest BCUT2D eigenvalue weighted by molar-refractivity contribution is 0.367.